The minimum atomic E-state index is -0.731. The molecule has 0 saturated carbocycles. The van der Waals surface area contributed by atoms with Crippen LogP contribution in [-0.4, -0.2) is 18.4 Å². The number of ether oxygens (including phenoxy) is 1. The van der Waals surface area contributed by atoms with Crippen LogP contribution >= 0.6 is 0 Å². The van der Waals surface area contributed by atoms with Crippen molar-refractivity contribution in [1.82, 2.24) is 0 Å². The lowest BCUT2D eigenvalue weighted by Crippen LogP contribution is -2.15. The van der Waals surface area contributed by atoms with Gasteiger partial charge in [-0.25, -0.2) is 4.79 Å². The molecule has 0 radical (unpaired) electrons. The van der Waals surface area contributed by atoms with Crippen molar-refractivity contribution in [3.63, 3.8) is 0 Å². The second-order valence-electron chi connectivity index (χ2n) is 2.87. The van der Waals surface area contributed by atoms with Crippen molar-refractivity contribution in [2.45, 2.75) is 41.0 Å². The lowest BCUT2D eigenvalue weighted by molar-refractivity contribution is -0.153. The van der Waals surface area contributed by atoms with Crippen LogP contribution in [0.1, 0.15) is 41.0 Å². The first kappa shape index (κ1) is 14.7. The Balaban J connectivity index is 0. The molecule has 0 N–H and O–H groups in total. The van der Waals surface area contributed by atoms with E-state index in [9.17, 15) is 9.59 Å². The average molecular weight is 188 g/mol. The molecule has 0 aliphatic heterocycles. The van der Waals surface area contributed by atoms with E-state index in [1.54, 1.807) is 0 Å². The summed E-state index contributed by atoms with van der Waals surface area (Å²) >= 11 is 0. The molecule has 0 atom stereocenters. The summed E-state index contributed by atoms with van der Waals surface area (Å²) in [6, 6.07) is 0. The normalized spacial score (nSPS) is 8.77. The van der Waals surface area contributed by atoms with Crippen LogP contribution in [0.4, 0.5) is 0 Å². The Morgan fingerprint density at radius 1 is 1.23 bits per heavy atom. The third-order valence-electron chi connectivity index (χ3n) is 1.22. The van der Waals surface area contributed by atoms with Crippen molar-refractivity contribution in [3.8, 4) is 0 Å². The topological polar surface area (TPSA) is 43.4 Å². The molecule has 0 aliphatic carbocycles. The van der Waals surface area contributed by atoms with Crippen LogP contribution in [0, 0.1) is 5.92 Å². The van der Waals surface area contributed by atoms with Crippen LogP contribution < -0.4 is 0 Å². The molecule has 0 aliphatic rings. The largest absolute Gasteiger partial charge is 0.460 e. The van der Waals surface area contributed by atoms with Crippen molar-refractivity contribution in [2.24, 2.45) is 5.92 Å². The molecule has 0 aromatic rings. The van der Waals surface area contributed by atoms with Gasteiger partial charge >= 0.3 is 5.97 Å². The highest BCUT2D eigenvalue weighted by Crippen LogP contribution is 1.98. The van der Waals surface area contributed by atoms with Gasteiger partial charge in [-0.05, 0) is 12.3 Å². The Bertz CT molecular complexity index is 150. The third-order valence-corrected chi connectivity index (χ3v) is 1.22. The maximum absolute atomic E-state index is 10.6. The second kappa shape index (κ2) is 9.23. The highest BCUT2D eigenvalue weighted by molar-refractivity contribution is 6.32. The van der Waals surface area contributed by atoms with Crippen LogP contribution in [0.3, 0.4) is 0 Å². The van der Waals surface area contributed by atoms with E-state index < -0.39 is 11.8 Å². The van der Waals surface area contributed by atoms with Gasteiger partial charge in [0.25, 0.3) is 0 Å². The fraction of sp³-hybridized carbons (Fsp3) is 0.800. The molecule has 0 amide bonds. The predicted octanol–water partition coefficient (Wildman–Crippen LogP) is 2.19. The Morgan fingerprint density at radius 2 is 1.69 bits per heavy atom. The molecule has 3 heteroatoms. The minimum absolute atomic E-state index is 0.343. The first-order valence-electron chi connectivity index (χ1n) is 4.71. The van der Waals surface area contributed by atoms with Crippen molar-refractivity contribution in [1.29, 1.82) is 0 Å². The Morgan fingerprint density at radius 3 is 2.00 bits per heavy atom. The van der Waals surface area contributed by atoms with Gasteiger partial charge in [0.05, 0.1) is 6.61 Å². The summed E-state index contributed by atoms with van der Waals surface area (Å²) in [4.78, 5) is 20.9. The van der Waals surface area contributed by atoms with Gasteiger partial charge in [0.15, 0.2) is 0 Å². The van der Waals surface area contributed by atoms with E-state index >= 15 is 0 Å². The van der Waals surface area contributed by atoms with E-state index in [-0.39, 0.29) is 0 Å². The SMILES string of the molecule is CC.CC(=O)C(=O)OCCC(C)C. The molecule has 0 aromatic heterocycles. The van der Waals surface area contributed by atoms with Gasteiger partial charge in [0, 0.05) is 6.92 Å². The molecular weight excluding hydrogens is 168 g/mol. The highest BCUT2D eigenvalue weighted by Gasteiger charge is 2.07. The Kier molecular flexibility index (Phi) is 10.4. The molecular formula is C10H20O3. The fourth-order valence-electron chi connectivity index (χ4n) is 0.489. The van der Waals surface area contributed by atoms with Gasteiger partial charge in [-0.3, -0.25) is 4.79 Å². The summed E-state index contributed by atoms with van der Waals surface area (Å²) < 4.78 is 4.63. The van der Waals surface area contributed by atoms with Crippen LogP contribution in [0.25, 0.3) is 0 Å². The number of carbonyl (C=O) groups is 2. The van der Waals surface area contributed by atoms with E-state index in [0.29, 0.717) is 12.5 Å². The zero-order chi connectivity index (χ0) is 10.9. The molecule has 13 heavy (non-hydrogen) atoms. The number of rotatable bonds is 4. The molecule has 3 nitrogen and oxygen atoms in total. The Hall–Kier alpha value is -0.860. The average Bonchev–Trinajstić information content (AvgIpc) is 2.07. The number of ketones is 1. The van der Waals surface area contributed by atoms with E-state index in [1.807, 2.05) is 27.7 Å². The molecule has 78 valence electrons. The van der Waals surface area contributed by atoms with E-state index in [0.717, 1.165) is 6.42 Å². The monoisotopic (exact) mass is 188 g/mol. The van der Waals surface area contributed by atoms with E-state index in [4.69, 9.17) is 0 Å². The summed E-state index contributed by atoms with van der Waals surface area (Å²) in [7, 11) is 0. The van der Waals surface area contributed by atoms with Gasteiger partial charge < -0.3 is 4.74 Å². The molecule has 0 unspecified atom stereocenters. The number of Topliss-reactive ketones (excluding diaryl/α,β-unsaturated/α-hetero) is 1. The van der Waals surface area contributed by atoms with Crippen molar-refractivity contribution >= 4 is 11.8 Å². The number of carbonyl (C=O) groups excluding carboxylic acids is 2. The van der Waals surface area contributed by atoms with Gasteiger partial charge in [-0.2, -0.15) is 0 Å². The standard InChI is InChI=1S/C8H14O3.C2H6/c1-6(2)4-5-11-8(10)7(3)9;1-2/h6H,4-5H2,1-3H3;1-2H3. The minimum Gasteiger partial charge on any atom is -0.460 e. The second-order valence-corrected chi connectivity index (χ2v) is 2.87. The summed E-state index contributed by atoms with van der Waals surface area (Å²) in [6.07, 6.45) is 0.805. The Labute approximate surface area is 80.5 Å². The summed E-state index contributed by atoms with van der Waals surface area (Å²) in [5, 5.41) is 0. The first-order chi connectivity index (χ1) is 6.04. The van der Waals surface area contributed by atoms with Crippen LogP contribution in [-0.2, 0) is 14.3 Å². The maximum Gasteiger partial charge on any atom is 0.374 e. The predicted molar refractivity (Wildman–Crippen MR) is 52.4 cm³/mol. The van der Waals surface area contributed by atoms with Gasteiger partial charge in [0.2, 0.25) is 5.78 Å². The van der Waals surface area contributed by atoms with Gasteiger partial charge in [0.1, 0.15) is 0 Å². The summed E-state index contributed by atoms with van der Waals surface area (Å²) in [5.74, 6) is -0.769. The third kappa shape index (κ3) is 11.1. The molecule has 0 saturated heterocycles. The lowest BCUT2D eigenvalue weighted by Gasteiger charge is -2.03. The van der Waals surface area contributed by atoms with E-state index in [2.05, 4.69) is 4.74 Å². The van der Waals surface area contributed by atoms with Crippen molar-refractivity contribution in [3.05, 3.63) is 0 Å². The molecule has 0 heterocycles. The van der Waals surface area contributed by atoms with Gasteiger partial charge in [-0.15, -0.1) is 0 Å². The zero-order valence-electron chi connectivity index (χ0n) is 9.22. The number of hydrogen-bond acceptors (Lipinski definition) is 3. The van der Waals surface area contributed by atoms with Crippen LogP contribution in [0.15, 0.2) is 0 Å². The molecule has 0 bridgehead atoms. The summed E-state index contributed by atoms with van der Waals surface area (Å²) in [6.45, 7) is 9.61. The van der Waals surface area contributed by atoms with Crippen LogP contribution in [0.2, 0.25) is 0 Å². The highest BCUT2D eigenvalue weighted by atomic mass is 16.5. The van der Waals surface area contributed by atoms with E-state index in [1.165, 1.54) is 6.92 Å². The zero-order valence-corrected chi connectivity index (χ0v) is 9.22. The summed E-state index contributed by atoms with van der Waals surface area (Å²) in [5.41, 5.74) is 0. The van der Waals surface area contributed by atoms with Crippen LogP contribution in [0.5, 0.6) is 0 Å². The lowest BCUT2D eigenvalue weighted by atomic mass is 10.1. The quantitative estimate of drug-likeness (QED) is 0.501. The van der Waals surface area contributed by atoms with Crippen molar-refractivity contribution in [2.75, 3.05) is 6.61 Å². The molecule has 0 fully saturated rings. The smallest absolute Gasteiger partial charge is 0.374 e. The number of hydrogen-bond donors (Lipinski definition) is 0. The van der Waals surface area contributed by atoms with Gasteiger partial charge in [-0.1, -0.05) is 27.7 Å². The fourth-order valence-corrected chi connectivity index (χ4v) is 0.489. The van der Waals surface area contributed by atoms with Crippen molar-refractivity contribution < 1.29 is 14.3 Å². The molecule has 0 aromatic carbocycles. The maximum atomic E-state index is 10.6. The molecule has 0 spiro atoms. The number of esters is 1. The first-order valence-corrected chi connectivity index (χ1v) is 4.71. The molecule has 0 rings (SSSR count).